The predicted octanol–water partition coefficient (Wildman–Crippen LogP) is 4.14. The van der Waals surface area contributed by atoms with Crippen LogP contribution in [0.2, 0.25) is 5.02 Å². The Morgan fingerprint density at radius 1 is 1.29 bits per heavy atom. The molecule has 1 aromatic carbocycles. The number of pyridine rings is 1. The third-order valence-electron chi connectivity index (χ3n) is 5.01. The maximum atomic E-state index is 12.6. The molecule has 0 radical (unpaired) electrons. The summed E-state index contributed by atoms with van der Waals surface area (Å²) in [6.45, 7) is 2.37. The summed E-state index contributed by atoms with van der Waals surface area (Å²) in [5.74, 6) is -0.544. The molecule has 1 atom stereocenters. The van der Waals surface area contributed by atoms with Crippen LogP contribution >= 0.6 is 11.6 Å². The number of hydrogen-bond acceptors (Lipinski definition) is 5. The van der Waals surface area contributed by atoms with Crippen molar-refractivity contribution >= 4 is 34.4 Å². The van der Waals surface area contributed by atoms with E-state index in [0.29, 0.717) is 23.7 Å². The van der Waals surface area contributed by atoms with Gasteiger partial charge in [0.1, 0.15) is 12.6 Å². The minimum atomic E-state index is -0.627. The molecule has 1 aliphatic rings. The van der Waals surface area contributed by atoms with E-state index in [9.17, 15) is 9.59 Å². The van der Waals surface area contributed by atoms with E-state index in [4.69, 9.17) is 20.8 Å². The largest absolute Gasteiger partial charge is 0.459 e. The first-order chi connectivity index (χ1) is 13.6. The quantitative estimate of drug-likeness (QED) is 0.617. The lowest BCUT2D eigenvalue weighted by Gasteiger charge is -2.22. The molecule has 6 nitrogen and oxygen atoms in total. The van der Waals surface area contributed by atoms with Gasteiger partial charge in [0.05, 0.1) is 22.5 Å². The molecule has 0 bridgehead atoms. The third-order valence-corrected chi connectivity index (χ3v) is 5.52. The van der Waals surface area contributed by atoms with Crippen LogP contribution in [0.1, 0.15) is 34.7 Å². The molecule has 0 unspecified atom stereocenters. The van der Waals surface area contributed by atoms with Gasteiger partial charge in [-0.25, -0.2) is 9.78 Å². The number of halogens is 1. The number of nitrogens with zero attached hydrogens (tertiary/aromatic N) is 2. The molecule has 1 saturated heterocycles. The van der Waals surface area contributed by atoms with Gasteiger partial charge in [-0.1, -0.05) is 29.8 Å². The molecule has 2 aromatic heterocycles. The van der Waals surface area contributed by atoms with Gasteiger partial charge < -0.3 is 14.1 Å². The summed E-state index contributed by atoms with van der Waals surface area (Å²) in [6, 6.07) is 10.3. The van der Waals surface area contributed by atoms with Crippen LogP contribution in [-0.2, 0) is 16.1 Å². The van der Waals surface area contributed by atoms with E-state index >= 15 is 0 Å². The molecule has 7 heteroatoms. The maximum absolute atomic E-state index is 12.6. The Morgan fingerprint density at radius 2 is 2.11 bits per heavy atom. The van der Waals surface area contributed by atoms with Gasteiger partial charge in [0.2, 0.25) is 0 Å². The number of amides is 1. The topological polar surface area (TPSA) is 72.6 Å². The highest BCUT2D eigenvalue weighted by Crippen LogP contribution is 2.28. The first kappa shape index (κ1) is 18.5. The van der Waals surface area contributed by atoms with Crippen LogP contribution < -0.4 is 0 Å². The molecule has 0 spiro atoms. The molecule has 1 fully saturated rings. The number of likely N-dealkylation sites (tertiary alicyclic amines) is 1. The number of furan rings is 1. The summed E-state index contributed by atoms with van der Waals surface area (Å²) in [6.07, 6.45) is 2.73. The number of para-hydroxylation sites is 1. The van der Waals surface area contributed by atoms with Crippen LogP contribution in [-0.4, -0.2) is 34.3 Å². The van der Waals surface area contributed by atoms with Crippen molar-refractivity contribution in [1.82, 2.24) is 9.88 Å². The predicted molar refractivity (Wildman–Crippen MR) is 104 cm³/mol. The van der Waals surface area contributed by atoms with Gasteiger partial charge in [0.15, 0.2) is 5.76 Å². The van der Waals surface area contributed by atoms with Crippen LogP contribution in [0.25, 0.3) is 10.9 Å². The fourth-order valence-electron chi connectivity index (χ4n) is 3.55. The number of aryl methyl sites for hydroxylation is 1. The monoisotopic (exact) mass is 398 g/mol. The Labute approximate surface area is 167 Å². The van der Waals surface area contributed by atoms with Gasteiger partial charge in [0.25, 0.3) is 5.91 Å². The normalized spacial score (nSPS) is 16.5. The Hall–Kier alpha value is -2.86. The first-order valence-corrected chi connectivity index (χ1v) is 9.49. The van der Waals surface area contributed by atoms with Crippen molar-refractivity contribution in [2.45, 2.75) is 32.4 Å². The van der Waals surface area contributed by atoms with Gasteiger partial charge in [-0.2, -0.15) is 0 Å². The second kappa shape index (κ2) is 7.64. The number of ether oxygens (including phenoxy) is 1. The minimum Gasteiger partial charge on any atom is -0.459 e. The van der Waals surface area contributed by atoms with Crippen molar-refractivity contribution in [3.8, 4) is 0 Å². The van der Waals surface area contributed by atoms with Crippen LogP contribution in [0, 0.1) is 6.92 Å². The van der Waals surface area contributed by atoms with E-state index in [-0.39, 0.29) is 18.3 Å². The van der Waals surface area contributed by atoms with Crippen LogP contribution in [0.3, 0.4) is 0 Å². The smallest absolute Gasteiger partial charge is 0.329 e. The Bertz CT molecular complexity index is 1030. The minimum absolute atomic E-state index is 0.0391. The highest BCUT2D eigenvalue weighted by atomic mass is 35.5. The highest BCUT2D eigenvalue weighted by Gasteiger charge is 2.36. The summed E-state index contributed by atoms with van der Waals surface area (Å²) < 4.78 is 10.6. The second-order valence-corrected chi connectivity index (χ2v) is 7.13. The molecule has 0 N–H and O–H groups in total. The summed E-state index contributed by atoms with van der Waals surface area (Å²) >= 11 is 6.43. The number of aromatic nitrogens is 1. The molecule has 0 saturated carbocycles. The second-order valence-electron chi connectivity index (χ2n) is 6.76. The lowest BCUT2D eigenvalue weighted by Crippen LogP contribution is -2.41. The van der Waals surface area contributed by atoms with Crippen LogP contribution in [0.4, 0.5) is 0 Å². The molecule has 3 aromatic rings. The van der Waals surface area contributed by atoms with Gasteiger partial charge >= 0.3 is 5.97 Å². The standard InChI is InChI=1S/C21H19ClN2O4/c1-13-14-6-2-3-7-15(14)23-16(19(13)22)12-28-21(26)17-8-4-10-24(17)20(25)18-9-5-11-27-18/h2-3,5-7,9,11,17H,4,8,10,12H2,1H3/t17-/m0/s1. The first-order valence-electron chi connectivity index (χ1n) is 9.11. The molecule has 0 aliphatic carbocycles. The molecule has 3 heterocycles. The van der Waals surface area contributed by atoms with Gasteiger partial charge in [-0.3, -0.25) is 4.79 Å². The fraction of sp³-hybridized carbons (Fsp3) is 0.286. The number of fused-ring (bicyclic) bond motifs is 1. The van der Waals surface area contributed by atoms with Crippen molar-refractivity contribution in [3.63, 3.8) is 0 Å². The lowest BCUT2D eigenvalue weighted by atomic mass is 10.1. The number of carbonyl (C=O) groups is 2. The number of hydrogen-bond donors (Lipinski definition) is 0. The van der Waals surface area contributed by atoms with Gasteiger partial charge in [0, 0.05) is 11.9 Å². The zero-order valence-electron chi connectivity index (χ0n) is 15.4. The van der Waals surface area contributed by atoms with E-state index in [2.05, 4.69) is 4.98 Å². The van der Waals surface area contributed by atoms with Gasteiger partial charge in [-0.15, -0.1) is 0 Å². The fourth-order valence-corrected chi connectivity index (χ4v) is 3.74. The summed E-state index contributed by atoms with van der Waals surface area (Å²) in [7, 11) is 0. The van der Waals surface area contributed by atoms with Crippen molar-refractivity contribution < 1.29 is 18.7 Å². The molecule has 1 amide bonds. The molecule has 144 valence electrons. The summed E-state index contributed by atoms with van der Waals surface area (Å²) in [5.41, 5.74) is 2.20. The van der Waals surface area contributed by atoms with E-state index < -0.39 is 12.0 Å². The van der Waals surface area contributed by atoms with Crippen molar-refractivity contribution in [2.75, 3.05) is 6.54 Å². The van der Waals surface area contributed by atoms with Crippen molar-refractivity contribution in [3.05, 3.63) is 64.7 Å². The lowest BCUT2D eigenvalue weighted by molar-refractivity contribution is -0.149. The molecule has 28 heavy (non-hydrogen) atoms. The SMILES string of the molecule is Cc1c(Cl)c(COC(=O)[C@@H]2CCCN2C(=O)c2ccco2)nc2ccccc12. The number of rotatable bonds is 4. The number of esters is 1. The summed E-state index contributed by atoms with van der Waals surface area (Å²) in [5, 5.41) is 1.45. The van der Waals surface area contributed by atoms with Crippen molar-refractivity contribution in [1.29, 1.82) is 0 Å². The summed E-state index contributed by atoms with van der Waals surface area (Å²) in [4.78, 5) is 31.2. The van der Waals surface area contributed by atoms with E-state index in [0.717, 1.165) is 22.9 Å². The number of benzene rings is 1. The molecule has 1 aliphatic heterocycles. The van der Waals surface area contributed by atoms with E-state index in [1.165, 1.54) is 11.2 Å². The van der Waals surface area contributed by atoms with E-state index in [1.807, 2.05) is 31.2 Å². The Morgan fingerprint density at radius 3 is 2.89 bits per heavy atom. The maximum Gasteiger partial charge on any atom is 0.329 e. The highest BCUT2D eigenvalue weighted by molar-refractivity contribution is 6.32. The molecule has 4 rings (SSSR count). The van der Waals surface area contributed by atoms with Crippen LogP contribution in [0.15, 0.2) is 47.1 Å². The Balaban J connectivity index is 1.49. The average Bonchev–Trinajstić information content (AvgIpc) is 3.41. The molecular weight excluding hydrogens is 380 g/mol. The zero-order chi connectivity index (χ0) is 19.7. The van der Waals surface area contributed by atoms with E-state index in [1.54, 1.807) is 12.1 Å². The van der Waals surface area contributed by atoms with Crippen molar-refractivity contribution in [2.24, 2.45) is 0 Å². The number of carbonyl (C=O) groups excluding carboxylic acids is 2. The van der Waals surface area contributed by atoms with Crippen LogP contribution in [0.5, 0.6) is 0 Å². The third kappa shape index (κ3) is 3.36. The molecular formula is C21H19ClN2O4. The zero-order valence-corrected chi connectivity index (χ0v) is 16.1. The average molecular weight is 399 g/mol. The van der Waals surface area contributed by atoms with Gasteiger partial charge in [-0.05, 0) is 43.5 Å². The Kier molecular flexibility index (Phi) is 5.05.